The quantitative estimate of drug-likeness (QED) is 0.160. The topological polar surface area (TPSA) is 78.8 Å². The van der Waals surface area contributed by atoms with Gasteiger partial charge < -0.3 is 9.80 Å². The van der Waals surface area contributed by atoms with Gasteiger partial charge in [-0.2, -0.15) is 15.0 Å². The van der Waals surface area contributed by atoms with E-state index >= 15 is 0 Å². The lowest BCUT2D eigenvalue weighted by molar-refractivity contribution is 0.305. The molecule has 1 N–H and O–H groups in total. The molecule has 0 saturated heterocycles. The lowest BCUT2D eigenvalue weighted by atomic mass is 9.95. The minimum atomic E-state index is -0.0317. The van der Waals surface area contributed by atoms with Crippen molar-refractivity contribution in [2.45, 2.75) is 27.3 Å². The molecule has 0 fully saturated rings. The van der Waals surface area contributed by atoms with Crippen LogP contribution in [0.15, 0.2) is 170 Å². The summed E-state index contributed by atoms with van der Waals surface area (Å²) >= 11 is 0. The molecule has 0 unspecified atom stereocenters. The van der Waals surface area contributed by atoms with Crippen LogP contribution in [-0.4, -0.2) is 30.4 Å². The van der Waals surface area contributed by atoms with Crippen molar-refractivity contribution in [2.75, 3.05) is 9.80 Å². The Balaban J connectivity index is 1.18. The fourth-order valence-electron chi connectivity index (χ4n) is 7.30. The SMILES string of the molecule is CC(C)(C)Cn1nc2c(-c3ccc(N(c4ccccc4)c4ccccc4)cc3)c3nn[nH]c3c(-c3ccc(N(c4ccccc4)c4ccccc4)cc3)c2n1. The Morgan fingerprint density at radius 3 is 1.22 bits per heavy atom. The highest BCUT2D eigenvalue weighted by Crippen LogP contribution is 2.43. The second kappa shape index (κ2) is 14.1. The normalized spacial score (nSPS) is 11.6. The van der Waals surface area contributed by atoms with Crippen LogP contribution in [0.3, 0.4) is 0 Å². The molecule has 0 amide bonds. The van der Waals surface area contributed by atoms with Gasteiger partial charge in [0.2, 0.25) is 0 Å². The van der Waals surface area contributed by atoms with Crippen molar-refractivity contribution in [3.05, 3.63) is 170 Å². The lowest BCUT2D eigenvalue weighted by Crippen LogP contribution is -2.17. The van der Waals surface area contributed by atoms with E-state index in [1.54, 1.807) is 0 Å². The largest absolute Gasteiger partial charge is 0.311 e. The van der Waals surface area contributed by atoms with Crippen LogP contribution in [0.1, 0.15) is 20.8 Å². The van der Waals surface area contributed by atoms with E-state index in [-0.39, 0.29) is 5.41 Å². The number of benzene rings is 7. The van der Waals surface area contributed by atoms with E-state index in [1.807, 2.05) is 29.1 Å². The molecular formula is C47H40N8. The smallest absolute Gasteiger partial charge is 0.124 e. The first-order chi connectivity index (χ1) is 26.9. The summed E-state index contributed by atoms with van der Waals surface area (Å²) in [6.07, 6.45) is 0. The Morgan fingerprint density at radius 1 is 0.455 bits per heavy atom. The Kier molecular flexibility index (Phi) is 8.63. The van der Waals surface area contributed by atoms with Gasteiger partial charge in [-0.05, 0) is 89.3 Å². The molecule has 55 heavy (non-hydrogen) atoms. The highest BCUT2D eigenvalue weighted by atomic mass is 15.5. The number of hydrogen-bond donors (Lipinski definition) is 1. The van der Waals surface area contributed by atoms with Crippen LogP contribution in [0.25, 0.3) is 44.3 Å². The van der Waals surface area contributed by atoms with Crippen molar-refractivity contribution < 1.29 is 0 Å². The van der Waals surface area contributed by atoms with Crippen LogP contribution in [0.5, 0.6) is 0 Å². The van der Waals surface area contributed by atoms with Gasteiger partial charge >= 0.3 is 0 Å². The summed E-state index contributed by atoms with van der Waals surface area (Å²) in [6.45, 7) is 7.26. The van der Waals surface area contributed by atoms with Crippen molar-refractivity contribution in [1.82, 2.24) is 30.4 Å². The van der Waals surface area contributed by atoms with Crippen LogP contribution in [0.4, 0.5) is 34.1 Å². The maximum absolute atomic E-state index is 5.18. The second-order valence-electron chi connectivity index (χ2n) is 14.9. The highest BCUT2D eigenvalue weighted by molar-refractivity contribution is 6.16. The average molecular weight is 717 g/mol. The number of aromatic nitrogens is 6. The molecule has 9 rings (SSSR count). The number of para-hydroxylation sites is 4. The molecule has 8 nitrogen and oxygen atoms in total. The molecule has 8 heteroatoms. The number of nitrogens with one attached hydrogen (secondary N) is 1. The van der Waals surface area contributed by atoms with E-state index in [1.165, 1.54) is 0 Å². The van der Waals surface area contributed by atoms with Crippen molar-refractivity contribution >= 4 is 56.2 Å². The van der Waals surface area contributed by atoms with Crippen molar-refractivity contribution in [1.29, 1.82) is 0 Å². The zero-order chi connectivity index (χ0) is 37.4. The number of nitrogens with zero attached hydrogens (tertiary/aromatic N) is 7. The zero-order valence-electron chi connectivity index (χ0n) is 31.0. The minimum absolute atomic E-state index is 0.0317. The fraction of sp³-hybridized carbons (Fsp3) is 0.106. The van der Waals surface area contributed by atoms with Crippen molar-refractivity contribution in [3.8, 4) is 22.3 Å². The van der Waals surface area contributed by atoms with E-state index in [4.69, 9.17) is 15.3 Å². The van der Waals surface area contributed by atoms with Gasteiger partial charge in [-0.3, -0.25) is 5.10 Å². The number of rotatable bonds is 9. The standard InChI is InChI=1S/C47H40N8/c1-47(2,3)32-53-50-45-41(33-24-28-39(29-25-33)54(35-16-8-4-9-17-35)36-18-10-5-11-19-36)43-44(49-52-48-43)42(46(45)51-53)34-26-30-40(31-27-34)55(37-20-12-6-13-21-37)38-22-14-7-15-23-38/h4-31H,32H2,1-3H3,(H,48,49). The van der Waals surface area contributed by atoms with Crippen LogP contribution in [0.2, 0.25) is 0 Å². The molecule has 0 atom stereocenters. The second-order valence-corrected chi connectivity index (χ2v) is 14.9. The molecule has 0 aliphatic heterocycles. The number of hydrogen-bond acceptors (Lipinski definition) is 6. The number of anilines is 6. The molecule has 268 valence electrons. The van der Waals surface area contributed by atoms with Gasteiger partial charge in [0.1, 0.15) is 16.6 Å². The molecule has 0 spiro atoms. The predicted octanol–water partition coefficient (Wildman–Crippen LogP) is 12.0. The molecule has 0 aliphatic rings. The summed E-state index contributed by atoms with van der Waals surface area (Å²) in [5.41, 5.74) is 13.4. The van der Waals surface area contributed by atoms with E-state index in [0.717, 1.165) is 78.4 Å². The van der Waals surface area contributed by atoms with E-state index < -0.39 is 0 Å². The number of aromatic amines is 1. The van der Waals surface area contributed by atoms with Crippen molar-refractivity contribution in [2.24, 2.45) is 5.41 Å². The van der Waals surface area contributed by atoms with Crippen LogP contribution in [0, 0.1) is 5.41 Å². The zero-order valence-corrected chi connectivity index (χ0v) is 31.0. The summed E-state index contributed by atoms with van der Waals surface area (Å²) in [5.74, 6) is 0. The van der Waals surface area contributed by atoms with Gasteiger partial charge in [0.15, 0.2) is 0 Å². The van der Waals surface area contributed by atoms with E-state index in [2.05, 4.69) is 186 Å². The number of H-pyrrole nitrogens is 1. The van der Waals surface area contributed by atoms with Crippen LogP contribution >= 0.6 is 0 Å². The predicted molar refractivity (Wildman–Crippen MR) is 225 cm³/mol. The molecule has 9 aromatic rings. The molecule has 7 aromatic carbocycles. The highest BCUT2D eigenvalue weighted by Gasteiger charge is 2.25. The van der Waals surface area contributed by atoms with Gasteiger partial charge in [-0.15, -0.1) is 5.10 Å². The van der Waals surface area contributed by atoms with Crippen LogP contribution in [-0.2, 0) is 6.54 Å². The van der Waals surface area contributed by atoms with Gasteiger partial charge in [-0.25, -0.2) is 0 Å². The Labute approximate surface area is 320 Å². The molecule has 2 heterocycles. The monoisotopic (exact) mass is 716 g/mol. The van der Waals surface area contributed by atoms with Crippen LogP contribution < -0.4 is 9.80 Å². The van der Waals surface area contributed by atoms with Gasteiger partial charge in [0, 0.05) is 45.3 Å². The third-order valence-corrected chi connectivity index (χ3v) is 9.67. The molecular weight excluding hydrogens is 677 g/mol. The summed E-state index contributed by atoms with van der Waals surface area (Å²) in [6, 6.07) is 59.0. The average Bonchev–Trinajstić information content (AvgIpc) is 3.86. The van der Waals surface area contributed by atoms with Gasteiger partial charge in [0.05, 0.1) is 12.1 Å². The van der Waals surface area contributed by atoms with E-state index in [9.17, 15) is 0 Å². The molecule has 0 bridgehead atoms. The Morgan fingerprint density at radius 2 is 0.818 bits per heavy atom. The van der Waals surface area contributed by atoms with Crippen molar-refractivity contribution in [3.63, 3.8) is 0 Å². The lowest BCUT2D eigenvalue weighted by Gasteiger charge is -2.25. The van der Waals surface area contributed by atoms with Gasteiger partial charge in [-0.1, -0.05) is 123 Å². The molecule has 0 radical (unpaired) electrons. The first kappa shape index (κ1) is 33.8. The third-order valence-electron chi connectivity index (χ3n) is 9.67. The summed E-state index contributed by atoms with van der Waals surface area (Å²) in [4.78, 5) is 6.36. The summed E-state index contributed by atoms with van der Waals surface area (Å²) < 4.78 is 0. The first-order valence-electron chi connectivity index (χ1n) is 18.5. The molecule has 2 aromatic heterocycles. The maximum Gasteiger partial charge on any atom is 0.124 e. The summed E-state index contributed by atoms with van der Waals surface area (Å²) in [7, 11) is 0. The maximum atomic E-state index is 5.18. The Bertz CT molecular complexity index is 2420. The van der Waals surface area contributed by atoms with Gasteiger partial charge in [0.25, 0.3) is 0 Å². The molecule has 0 aliphatic carbocycles. The van der Waals surface area contributed by atoms with E-state index in [0.29, 0.717) is 6.54 Å². The molecule has 0 saturated carbocycles. The Hall–Kier alpha value is -7.06. The number of fused-ring (bicyclic) bond motifs is 2. The third kappa shape index (κ3) is 6.59. The summed E-state index contributed by atoms with van der Waals surface area (Å²) in [5, 5.41) is 22.7. The minimum Gasteiger partial charge on any atom is -0.311 e. The first-order valence-corrected chi connectivity index (χ1v) is 18.5. The fourth-order valence-corrected chi connectivity index (χ4v) is 7.30.